The molecule has 0 aromatic carbocycles. The number of carbonyl (C=O) groups is 1. The third-order valence-electron chi connectivity index (χ3n) is 6.16. The normalized spacial score (nSPS) is 29.2. The van der Waals surface area contributed by atoms with E-state index in [4.69, 9.17) is 0 Å². The first kappa shape index (κ1) is 17.2. The third kappa shape index (κ3) is 4.48. The molecule has 2 bridgehead atoms. The second kappa shape index (κ2) is 7.98. The van der Waals surface area contributed by atoms with Gasteiger partial charge >= 0.3 is 0 Å². The SMILES string of the molecule is CC(C)N(CCN1CCCCCC1)C(=O)CN1C[C@@H]2CC[C@@H]1C2. The van der Waals surface area contributed by atoms with Gasteiger partial charge in [0.25, 0.3) is 0 Å². The van der Waals surface area contributed by atoms with Crippen molar-refractivity contribution in [1.82, 2.24) is 14.7 Å². The van der Waals surface area contributed by atoms with Crippen LogP contribution in [0.25, 0.3) is 0 Å². The monoisotopic (exact) mass is 321 g/mol. The largest absolute Gasteiger partial charge is 0.338 e. The second-order valence-electron chi connectivity index (χ2n) is 8.20. The lowest BCUT2D eigenvalue weighted by Crippen LogP contribution is -2.48. The van der Waals surface area contributed by atoms with Crippen LogP contribution in [-0.2, 0) is 4.79 Å². The molecule has 0 radical (unpaired) electrons. The van der Waals surface area contributed by atoms with Crippen LogP contribution in [-0.4, -0.2) is 72.0 Å². The summed E-state index contributed by atoms with van der Waals surface area (Å²) in [5.74, 6) is 1.22. The lowest BCUT2D eigenvalue weighted by atomic mass is 10.1. The number of hydrogen-bond acceptors (Lipinski definition) is 3. The molecular weight excluding hydrogens is 286 g/mol. The van der Waals surface area contributed by atoms with Crippen molar-refractivity contribution in [3.8, 4) is 0 Å². The molecule has 4 nitrogen and oxygen atoms in total. The third-order valence-corrected chi connectivity index (χ3v) is 6.16. The first-order chi connectivity index (χ1) is 11.1. The number of amides is 1. The highest BCUT2D eigenvalue weighted by molar-refractivity contribution is 5.78. The minimum absolute atomic E-state index is 0.314. The molecule has 1 saturated carbocycles. The van der Waals surface area contributed by atoms with Gasteiger partial charge in [0.2, 0.25) is 5.91 Å². The van der Waals surface area contributed by atoms with Gasteiger partial charge in [-0.3, -0.25) is 9.69 Å². The Kier molecular flexibility index (Phi) is 5.97. The van der Waals surface area contributed by atoms with E-state index >= 15 is 0 Å². The van der Waals surface area contributed by atoms with Crippen LogP contribution in [0.1, 0.15) is 58.8 Å². The predicted molar refractivity (Wildman–Crippen MR) is 94.5 cm³/mol. The van der Waals surface area contributed by atoms with Crippen molar-refractivity contribution in [1.29, 1.82) is 0 Å². The van der Waals surface area contributed by atoms with Gasteiger partial charge in [-0.05, 0) is 65.0 Å². The van der Waals surface area contributed by atoms with E-state index in [9.17, 15) is 4.79 Å². The molecule has 2 atom stereocenters. The van der Waals surface area contributed by atoms with Gasteiger partial charge in [-0.2, -0.15) is 0 Å². The highest BCUT2D eigenvalue weighted by Crippen LogP contribution is 2.37. The number of rotatable bonds is 6. The van der Waals surface area contributed by atoms with Crippen LogP contribution in [0.4, 0.5) is 0 Å². The summed E-state index contributed by atoms with van der Waals surface area (Å²) in [4.78, 5) is 20.0. The fourth-order valence-corrected chi connectivity index (χ4v) is 4.76. The van der Waals surface area contributed by atoms with Gasteiger partial charge in [-0.25, -0.2) is 0 Å². The summed E-state index contributed by atoms with van der Waals surface area (Å²) in [6.45, 7) is 10.5. The lowest BCUT2D eigenvalue weighted by Gasteiger charge is -2.33. The number of hydrogen-bond donors (Lipinski definition) is 0. The summed E-state index contributed by atoms with van der Waals surface area (Å²) in [5, 5.41) is 0. The Balaban J connectivity index is 1.48. The number of carbonyl (C=O) groups excluding carboxylic acids is 1. The van der Waals surface area contributed by atoms with Crippen molar-refractivity contribution in [3.05, 3.63) is 0 Å². The minimum Gasteiger partial charge on any atom is -0.338 e. The Morgan fingerprint density at radius 3 is 2.43 bits per heavy atom. The van der Waals surface area contributed by atoms with E-state index in [1.807, 2.05) is 0 Å². The minimum atomic E-state index is 0.314. The van der Waals surface area contributed by atoms with Crippen molar-refractivity contribution < 1.29 is 4.79 Å². The van der Waals surface area contributed by atoms with Crippen LogP contribution in [0.2, 0.25) is 0 Å². The fraction of sp³-hybridized carbons (Fsp3) is 0.947. The smallest absolute Gasteiger partial charge is 0.237 e. The van der Waals surface area contributed by atoms with Gasteiger partial charge in [0.1, 0.15) is 0 Å². The molecule has 0 N–H and O–H groups in total. The zero-order valence-electron chi connectivity index (χ0n) is 15.2. The molecule has 23 heavy (non-hydrogen) atoms. The maximum Gasteiger partial charge on any atom is 0.237 e. The molecular formula is C19H35N3O. The summed E-state index contributed by atoms with van der Waals surface area (Å²) < 4.78 is 0. The first-order valence-electron chi connectivity index (χ1n) is 9.89. The van der Waals surface area contributed by atoms with E-state index in [1.54, 1.807) is 0 Å². The Hall–Kier alpha value is -0.610. The molecule has 0 aromatic heterocycles. The molecule has 0 unspecified atom stereocenters. The van der Waals surface area contributed by atoms with Crippen LogP contribution < -0.4 is 0 Å². The van der Waals surface area contributed by atoms with Crippen LogP contribution in [0.5, 0.6) is 0 Å². The highest BCUT2D eigenvalue weighted by atomic mass is 16.2. The molecule has 2 aliphatic heterocycles. The van der Waals surface area contributed by atoms with E-state index in [0.717, 1.165) is 25.6 Å². The lowest BCUT2D eigenvalue weighted by molar-refractivity contribution is -0.134. The number of fused-ring (bicyclic) bond motifs is 2. The fourth-order valence-electron chi connectivity index (χ4n) is 4.76. The summed E-state index contributed by atoms with van der Waals surface area (Å²) in [5.41, 5.74) is 0. The summed E-state index contributed by atoms with van der Waals surface area (Å²) in [6.07, 6.45) is 9.44. The van der Waals surface area contributed by atoms with E-state index in [1.165, 1.54) is 58.0 Å². The Bertz CT molecular complexity index is 390. The van der Waals surface area contributed by atoms with Gasteiger partial charge in [0, 0.05) is 31.7 Å². The molecule has 0 aromatic rings. The van der Waals surface area contributed by atoms with E-state index in [2.05, 4.69) is 28.5 Å². The van der Waals surface area contributed by atoms with E-state index in [-0.39, 0.29) is 0 Å². The summed E-state index contributed by atoms with van der Waals surface area (Å²) in [6, 6.07) is 1.01. The molecule has 1 aliphatic carbocycles. The molecule has 132 valence electrons. The standard InChI is InChI=1S/C19H35N3O/c1-16(2)22(12-11-20-9-5-3-4-6-10-20)19(23)15-21-14-17-7-8-18(21)13-17/h16-18H,3-15H2,1-2H3/t17-,18-/m1/s1. The zero-order valence-corrected chi connectivity index (χ0v) is 15.2. The summed E-state index contributed by atoms with van der Waals surface area (Å²) >= 11 is 0. The van der Waals surface area contributed by atoms with E-state index in [0.29, 0.717) is 24.5 Å². The average molecular weight is 322 g/mol. The van der Waals surface area contributed by atoms with Crippen LogP contribution >= 0.6 is 0 Å². The molecule has 2 saturated heterocycles. The molecule has 3 rings (SSSR count). The second-order valence-corrected chi connectivity index (χ2v) is 8.20. The molecule has 4 heteroatoms. The van der Waals surface area contributed by atoms with Crippen molar-refractivity contribution in [2.24, 2.45) is 5.92 Å². The number of piperidine rings is 1. The van der Waals surface area contributed by atoms with Crippen LogP contribution in [0.3, 0.4) is 0 Å². The van der Waals surface area contributed by atoms with Crippen molar-refractivity contribution in [2.75, 3.05) is 39.3 Å². The first-order valence-corrected chi connectivity index (χ1v) is 9.89. The maximum absolute atomic E-state index is 12.8. The van der Waals surface area contributed by atoms with E-state index < -0.39 is 0 Å². The Morgan fingerprint density at radius 2 is 1.87 bits per heavy atom. The number of likely N-dealkylation sites (tertiary alicyclic amines) is 2. The van der Waals surface area contributed by atoms with Gasteiger partial charge < -0.3 is 9.80 Å². The summed E-state index contributed by atoms with van der Waals surface area (Å²) in [7, 11) is 0. The molecule has 3 fully saturated rings. The Morgan fingerprint density at radius 1 is 1.13 bits per heavy atom. The molecule has 2 heterocycles. The van der Waals surface area contributed by atoms with Gasteiger partial charge in [-0.1, -0.05) is 12.8 Å². The topological polar surface area (TPSA) is 26.8 Å². The molecule has 0 spiro atoms. The van der Waals surface area contributed by atoms with Crippen molar-refractivity contribution in [3.63, 3.8) is 0 Å². The average Bonchev–Trinajstić information content (AvgIpc) is 3.02. The van der Waals surface area contributed by atoms with Crippen molar-refractivity contribution in [2.45, 2.75) is 70.9 Å². The number of nitrogens with zero attached hydrogens (tertiary/aromatic N) is 3. The maximum atomic E-state index is 12.8. The van der Waals surface area contributed by atoms with Crippen molar-refractivity contribution >= 4 is 5.91 Å². The van der Waals surface area contributed by atoms with Gasteiger partial charge in [0.05, 0.1) is 6.54 Å². The molecule has 3 aliphatic rings. The van der Waals surface area contributed by atoms with Gasteiger partial charge in [-0.15, -0.1) is 0 Å². The predicted octanol–water partition coefficient (Wildman–Crippen LogP) is 2.58. The Labute approximate surface area is 142 Å². The van der Waals surface area contributed by atoms with Crippen LogP contribution in [0.15, 0.2) is 0 Å². The zero-order chi connectivity index (χ0) is 16.2. The van der Waals surface area contributed by atoms with Crippen LogP contribution in [0, 0.1) is 5.92 Å². The quantitative estimate of drug-likeness (QED) is 0.752. The highest BCUT2D eigenvalue weighted by Gasteiger charge is 2.38. The molecule has 1 amide bonds. The van der Waals surface area contributed by atoms with Gasteiger partial charge in [0.15, 0.2) is 0 Å².